The van der Waals surface area contributed by atoms with Crippen molar-refractivity contribution in [1.29, 1.82) is 0 Å². The van der Waals surface area contributed by atoms with E-state index in [2.05, 4.69) is 58.9 Å². The van der Waals surface area contributed by atoms with Crippen LogP contribution in [-0.4, -0.2) is 31.1 Å². The summed E-state index contributed by atoms with van der Waals surface area (Å²) in [5.41, 5.74) is 2.76. The molecule has 2 heterocycles. The third-order valence-electron chi connectivity index (χ3n) is 3.69. The molecule has 2 aromatic rings. The third kappa shape index (κ3) is 4.44. The van der Waals surface area contributed by atoms with Crippen LogP contribution in [0.15, 0.2) is 41.8 Å². The van der Waals surface area contributed by atoms with Crippen molar-refractivity contribution in [2.24, 2.45) is 0 Å². The zero-order valence-corrected chi connectivity index (χ0v) is 14.6. The van der Waals surface area contributed by atoms with Crippen LogP contribution < -0.4 is 5.32 Å². The Bertz CT molecular complexity index is 525. The molecule has 1 aliphatic rings. The Labute approximate surface area is 143 Å². The largest absolute Gasteiger partial charge is 0.314 e. The lowest BCUT2D eigenvalue weighted by molar-refractivity contribution is 0.200. The summed E-state index contributed by atoms with van der Waals surface area (Å²) in [6.45, 7) is 6.60. The molecule has 1 aromatic carbocycles. The molecule has 2 nitrogen and oxygen atoms in total. The normalized spacial score (nSPS) is 16.6. The molecule has 1 aliphatic heterocycles. The maximum atomic E-state index is 3.44. The van der Waals surface area contributed by atoms with Crippen LogP contribution in [-0.2, 0) is 0 Å². The number of nitrogens with one attached hydrogen (secondary N) is 1. The van der Waals surface area contributed by atoms with Crippen molar-refractivity contribution in [3.63, 3.8) is 0 Å². The fourth-order valence-electron chi connectivity index (χ4n) is 2.78. The van der Waals surface area contributed by atoms with Crippen LogP contribution in [0.3, 0.4) is 0 Å². The van der Waals surface area contributed by atoms with Gasteiger partial charge in [0.25, 0.3) is 0 Å². The Morgan fingerprint density at radius 2 is 1.86 bits per heavy atom. The first-order valence-corrected chi connectivity index (χ1v) is 7.77. The summed E-state index contributed by atoms with van der Waals surface area (Å²) >= 11 is 1.86. The van der Waals surface area contributed by atoms with Gasteiger partial charge in [-0.05, 0) is 23.9 Å². The average Bonchev–Trinajstić information content (AvgIpc) is 2.94. The van der Waals surface area contributed by atoms with Gasteiger partial charge in [0.05, 0.1) is 6.04 Å². The standard InChI is InChI=1S/C16H20N2S.2ClH/c1-13-4-2-5-14(12-13)16(15-6-3-11-19-15)18-9-7-17-8-10-18;;/h2-6,11-12,16-17H,7-10H2,1H3;2*1H/t16-;;/m0../s1. The van der Waals surface area contributed by atoms with E-state index >= 15 is 0 Å². The lowest BCUT2D eigenvalue weighted by Gasteiger charge is -2.34. The van der Waals surface area contributed by atoms with Gasteiger partial charge in [-0.2, -0.15) is 0 Å². The molecule has 5 heteroatoms. The predicted molar refractivity (Wildman–Crippen MR) is 96.3 cm³/mol. The minimum Gasteiger partial charge on any atom is -0.314 e. The summed E-state index contributed by atoms with van der Waals surface area (Å²) in [4.78, 5) is 4.05. The van der Waals surface area contributed by atoms with Gasteiger partial charge in [-0.3, -0.25) is 4.90 Å². The zero-order chi connectivity index (χ0) is 13.1. The van der Waals surface area contributed by atoms with Crippen LogP contribution in [0.1, 0.15) is 22.0 Å². The first kappa shape index (κ1) is 18.5. The molecule has 3 rings (SSSR count). The highest BCUT2D eigenvalue weighted by Crippen LogP contribution is 2.32. The Kier molecular flexibility index (Phi) is 7.71. The molecule has 1 saturated heterocycles. The molecule has 116 valence electrons. The van der Waals surface area contributed by atoms with Gasteiger partial charge in [0.1, 0.15) is 0 Å². The summed E-state index contributed by atoms with van der Waals surface area (Å²) < 4.78 is 0. The van der Waals surface area contributed by atoms with Gasteiger partial charge in [0.15, 0.2) is 0 Å². The molecule has 1 aromatic heterocycles. The molecule has 1 atom stereocenters. The lowest BCUT2D eigenvalue weighted by Crippen LogP contribution is -2.45. The van der Waals surface area contributed by atoms with Gasteiger partial charge >= 0.3 is 0 Å². The van der Waals surface area contributed by atoms with Crippen molar-refractivity contribution >= 4 is 36.2 Å². The molecule has 0 saturated carbocycles. The SMILES string of the molecule is Cc1cccc([C@@H](c2cccs2)N2CCNCC2)c1.Cl.Cl. The highest BCUT2D eigenvalue weighted by Gasteiger charge is 2.24. The van der Waals surface area contributed by atoms with E-state index in [-0.39, 0.29) is 24.8 Å². The molecule has 0 amide bonds. The lowest BCUT2D eigenvalue weighted by atomic mass is 10.0. The fourth-order valence-corrected chi connectivity index (χ4v) is 3.67. The molecular formula is C16H22Cl2N2S. The van der Waals surface area contributed by atoms with Crippen LogP contribution in [0, 0.1) is 6.92 Å². The van der Waals surface area contributed by atoms with Gasteiger partial charge in [-0.15, -0.1) is 36.2 Å². The first-order valence-electron chi connectivity index (χ1n) is 6.89. The Hall–Kier alpha value is -0.580. The minimum absolute atomic E-state index is 0. The van der Waals surface area contributed by atoms with E-state index in [1.54, 1.807) is 0 Å². The number of hydrogen-bond acceptors (Lipinski definition) is 3. The zero-order valence-electron chi connectivity index (χ0n) is 12.1. The quantitative estimate of drug-likeness (QED) is 0.908. The summed E-state index contributed by atoms with van der Waals surface area (Å²) in [6.07, 6.45) is 0. The number of piperazine rings is 1. The number of rotatable bonds is 3. The first-order chi connectivity index (χ1) is 9.34. The molecule has 1 N–H and O–H groups in total. The molecule has 1 fully saturated rings. The molecule has 0 spiro atoms. The minimum atomic E-state index is 0. The van der Waals surface area contributed by atoms with Crippen molar-refractivity contribution in [1.82, 2.24) is 10.2 Å². The summed E-state index contributed by atoms with van der Waals surface area (Å²) in [7, 11) is 0. The Balaban J connectivity index is 0.00000110. The van der Waals surface area contributed by atoms with Crippen LogP contribution in [0.2, 0.25) is 0 Å². The molecule has 0 unspecified atom stereocenters. The maximum Gasteiger partial charge on any atom is 0.0697 e. The van der Waals surface area contributed by atoms with Crippen LogP contribution in [0.25, 0.3) is 0 Å². The number of nitrogens with zero attached hydrogens (tertiary/aromatic N) is 1. The van der Waals surface area contributed by atoms with Gasteiger partial charge < -0.3 is 5.32 Å². The van der Waals surface area contributed by atoms with E-state index in [0.29, 0.717) is 6.04 Å². The Morgan fingerprint density at radius 1 is 1.10 bits per heavy atom. The number of thiophene rings is 1. The van der Waals surface area contributed by atoms with Gasteiger partial charge in [0.2, 0.25) is 0 Å². The monoisotopic (exact) mass is 344 g/mol. The second-order valence-electron chi connectivity index (χ2n) is 5.12. The van der Waals surface area contributed by atoms with E-state index in [0.717, 1.165) is 26.2 Å². The van der Waals surface area contributed by atoms with E-state index in [1.807, 2.05) is 11.3 Å². The number of aryl methyl sites for hydroxylation is 1. The molecule has 0 aliphatic carbocycles. The fraction of sp³-hybridized carbons (Fsp3) is 0.375. The van der Waals surface area contributed by atoms with Gasteiger partial charge in [0, 0.05) is 31.1 Å². The van der Waals surface area contributed by atoms with Crippen molar-refractivity contribution in [3.05, 3.63) is 57.8 Å². The summed E-state index contributed by atoms with van der Waals surface area (Å²) in [5.74, 6) is 0. The number of benzene rings is 1. The third-order valence-corrected chi connectivity index (χ3v) is 4.61. The molecule has 21 heavy (non-hydrogen) atoms. The van der Waals surface area contributed by atoms with Crippen LogP contribution >= 0.6 is 36.2 Å². The topological polar surface area (TPSA) is 15.3 Å². The second kappa shape index (κ2) is 8.76. The van der Waals surface area contributed by atoms with Crippen molar-refractivity contribution in [3.8, 4) is 0 Å². The highest BCUT2D eigenvalue weighted by atomic mass is 35.5. The van der Waals surface area contributed by atoms with Crippen molar-refractivity contribution in [2.75, 3.05) is 26.2 Å². The van der Waals surface area contributed by atoms with Crippen molar-refractivity contribution in [2.45, 2.75) is 13.0 Å². The number of hydrogen-bond donors (Lipinski definition) is 1. The highest BCUT2D eigenvalue weighted by molar-refractivity contribution is 7.10. The smallest absolute Gasteiger partial charge is 0.0697 e. The number of halogens is 2. The Morgan fingerprint density at radius 3 is 2.48 bits per heavy atom. The van der Waals surface area contributed by atoms with Crippen LogP contribution in [0.5, 0.6) is 0 Å². The predicted octanol–water partition coefficient (Wildman–Crippen LogP) is 3.89. The van der Waals surface area contributed by atoms with E-state index < -0.39 is 0 Å². The summed E-state index contributed by atoms with van der Waals surface area (Å²) in [5, 5.41) is 5.62. The maximum absolute atomic E-state index is 3.44. The van der Waals surface area contributed by atoms with Crippen molar-refractivity contribution < 1.29 is 0 Å². The molecular weight excluding hydrogens is 323 g/mol. The average molecular weight is 345 g/mol. The van der Waals surface area contributed by atoms with Gasteiger partial charge in [-0.25, -0.2) is 0 Å². The second-order valence-corrected chi connectivity index (χ2v) is 6.10. The molecule has 0 radical (unpaired) electrons. The van der Waals surface area contributed by atoms with E-state index in [4.69, 9.17) is 0 Å². The van der Waals surface area contributed by atoms with Crippen LogP contribution in [0.4, 0.5) is 0 Å². The van der Waals surface area contributed by atoms with E-state index in [9.17, 15) is 0 Å². The van der Waals surface area contributed by atoms with Gasteiger partial charge in [-0.1, -0.05) is 35.9 Å². The molecule has 0 bridgehead atoms. The summed E-state index contributed by atoms with van der Waals surface area (Å²) in [6, 6.07) is 13.8. The van der Waals surface area contributed by atoms with E-state index in [1.165, 1.54) is 16.0 Å².